The lowest BCUT2D eigenvalue weighted by Gasteiger charge is -2.13. The van der Waals surface area contributed by atoms with Crippen LogP contribution in [0, 0.1) is 0 Å². The molecule has 9 aromatic rings. The summed E-state index contributed by atoms with van der Waals surface area (Å²) in [6.45, 7) is 0. The molecule has 0 amide bonds. The average molecular weight is 575 g/mol. The van der Waals surface area contributed by atoms with Gasteiger partial charge in [-0.3, -0.25) is 0 Å². The first-order valence-electron chi connectivity index (χ1n) is 15.6. The Morgan fingerprint density at radius 1 is 0.356 bits per heavy atom. The molecule has 9 rings (SSSR count). The zero-order chi connectivity index (χ0) is 29.7. The molecule has 0 atom stereocenters. The van der Waals surface area contributed by atoms with Crippen LogP contribution in [0.3, 0.4) is 0 Å². The molecular weight excluding hydrogens is 544 g/mol. The van der Waals surface area contributed by atoms with Crippen molar-refractivity contribution in [2.24, 2.45) is 0 Å². The maximum Gasteiger partial charge on any atom is 0.0547 e. The van der Waals surface area contributed by atoms with E-state index in [1.807, 2.05) is 0 Å². The molecule has 0 radical (unpaired) electrons. The number of rotatable bonds is 5. The van der Waals surface area contributed by atoms with Gasteiger partial charge in [0.2, 0.25) is 0 Å². The fraction of sp³-hybridized carbons (Fsp3) is 0.0233. The summed E-state index contributed by atoms with van der Waals surface area (Å²) in [5.74, 6) is 0. The minimum Gasteiger partial charge on any atom is -0.309 e. The van der Waals surface area contributed by atoms with E-state index in [-0.39, 0.29) is 0 Å². The van der Waals surface area contributed by atoms with Gasteiger partial charge in [0.05, 0.1) is 22.1 Å². The van der Waals surface area contributed by atoms with Crippen LogP contribution in [0.1, 0.15) is 11.1 Å². The predicted molar refractivity (Wildman–Crippen MR) is 190 cm³/mol. The van der Waals surface area contributed by atoms with E-state index in [0.29, 0.717) is 0 Å². The molecule has 0 N–H and O–H groups in total. The van der Waals surface area contributed by atoms with Crippen molar-refractivity contribution in [1.29, 1.82) is 0 Å². The molecule has 2 heteroatoms. The number of nitrogens with zero attached hydrogens (tertiary/aromatic N) is 2. The van der Waals surface area contributed by atoms with Gasteiger partial charge in [0.15, 0.2) is 0 Å². The summed E-state index contributed by atoms with van der Waals surface area (Å²) in [4.78, 5) is 0. The van der Waals surface area contributed by atoms with Crippen LogP contribution in [0.25, 0.3) is 66.1 Å². The van der Waals surface area contributed by atoms with Crippen molar-refractivity contribution in [3.05, 3.63) is 181 Å². The first kappa shape index (κ1) is 25.6. The van der Waals surface area contributed by atoms with Crippen LogP contribution in [0.4, 0.5) is 0 Å². The van der Waals surface area contributed by atoms with E-state index in [0.717, 1.165) is 6.42 Å². The van der Waals surface area contributed by atoms with Gasteiger partial charge >= 0.3 is 0 Å². The van der Waals surface area contributed by atoms with Crippen molar-refractivity contribution in [1.82, 2.24) is 9.13 Å². The highest BCUT2D eigenvalue weighted by Gasteiger charge is 2.16. The molecule has 0 saturated heterocycles. The summed E-state index contributed by atoms with van der Waals surface area (Å²) in [7, 11) is 0. The van der Waals surface area contributed by atoms with Gasteiger partial charge in [-0.15, -0.1) is 0 Å². The number of aromatic nitrogens is 2. The normalized spacial score (nSPS) is 11.6. The van der Waals surface area contributed by atoms with Crippen molar-refractivity contribution < 1.29 is 0 Å². The Bertz CT molecular complexity index is 2500. The minimum atomic E-state index is 0.849. The molecule has 0 saturated carbocycles. The number of hydrogen-bond acceptors (Lipinski definition) is 0. The Hall–Kier alpha value is -5.86. The molecule has 45 heavy (non-hydrogen) atoms. The fourth-order valence-electron chi connectivity index (χ4n) is 7.15. The quantitative estimate of drug-likeness (QED) is 0.193. The van der Waals surface area contributed by atoms with Crippen LogP contribution in [-0.4, -0.2) is 9.13 Å². The van der Waals surface area contributed by atoms with E-state index >= 15 is 0 Å². The third-order valence-electron chi connectivity index (χ3n) is 9.16. The molecule has 0 aliphatic heterocycles. The zero-order valence-corrected chi connectivity index (χ0v) is 24.8. The maximum atomic E-state index is 2.40. The van der Waals surface area contributed by atoms with Gasteiger partial charge in [0, 0.05) is 32.9 Å². The van der Waals surface area contributed by atoms with Crippen LogP contribution in [0.15, 0.2) is 170 Å². The molecule has 0 unspecified atom stereocenters. The smallest absolute Gasteiger partial charge is 0.0547 e. The molecule has 2 aromatic heterocycles. The second kappa shape index (κ2) is 10.4. The molecule has 2 nitrogen and oxygen atoms in total. The van der Waals surface area contributed by atoms with Gasteiger partial charge in [-0.1, -0.05) is 121 Å². The van der Waals surface area contributed by atoms with Crippen LogP contribution >= 0.6 is 0 Å². The topological polar surface area (TPSA) is 9.86 Å². The molecule has 0 aliphatic rings. The molecule has 0 aliphatic carbocycles. The summed E-state index contributed by atoms with van der Waals surface area (Å²) >= 11 is 0. The molecule has 2 heterocycles. The van der Waals surface area contributed by atoms with E-state index < -0.39 is 0 Å². The van der Waals surface area contributed by atoms with E-state index in [1.54, 1.807) is 0 Å². The van der Waals surface area contributed by atoms with E-state index in [9.17, 15) is 0 Å². The minimum absolute atomic E-state index is 0.849. The van der Waals surface area contributed by atoms with E-state index in [1.165, 1.54) is 77.2 Å². The standard InChI is InChI=1S/C43H30N2/c1-3-14-33(15-4-1)44-40-21-11-9-19-36(40)38-25-23-30(28-42(38)44)27-31-13-7-8-18-35(31)32-24-26-39-37-20-10-12-22-41(37)45(43(39)29-32)34-16-5-2-6-17-34/h1-26,28-29H,27H2. The van der Waals surface area contributed by atoms with Gasteiger partial charge in [0.25, 0.3) is 0 Å². The summed E-state index contributed by atoms with van der Waals surface area (Å²) < 4.78 is 4.80. The first-order valence-corrected chi connectivity index (χ1v) is 15.6. The number of fused-ring (bicyclic) bond motifs is 6. The highest BCUT2D eigenvalue weighted by Crippen LogP contribution is 2.37. The van der Waals surface area contributed by atoms with Gasteiger partial charge in [-0.25, -0.2) is 0 Å². The van der Waals surface area contributed by atoms with Crippen LogP contribution in [0.2, 0.25) is 0 Å². The molecule has 7 aromatic carbocycles. The lowest BCUT2D eigenvalue weighted by Crippen LogP contribution is -1.96. The Morgan fingerprint density at radius 2 is 0.844 bits per heavy atom. The van der Waals surface area contributed by atoms with Crippen LogP contribution in [0.5, 0.6) is 0 Å². The van der Waals surface area contributed by atoms with Crippen LogP contribution in [-0.2, 0) is 6.42 Å². The summed E-state index contributed by atoms with van der Waals surface area (Å²) in [6, 6.07) is 61.7. The summed E-state index contributed by atoms with van der Waals surface area (Å²) in [6.07, 6.45) is 0.849. The summed E-state index contributed by atoms with van der Waals surface area (Å²) in [5.41, 5.74) is 12.4. The Kier molecular flexibility index (Phi) is 5.92. The Morgan fingerprint density at radius 3 is 1.49 bits per heavy atom. The molecule has 0 spiro atoms. The number of para-hydroxylation sites is 4. The highest BCUT2D eigenvalue weighted by atomic mass is 15.0. The zero-order valence-electron chi connectivity index (χ0n) is 24.8. The van der Waals surface area contributed by atoms with Gasteiger partial charge < -0.3 is 9.13 Å². The Labute approximate surface area is 262 Å². The fourth-order valence-corrected chi connectivity index (χ4v) is 7.15. The number of hydrogen-bond donors (Lipinski definition) is 0. The number of benzene rings is 7. The molecule has 212 valence electrons. The lowest BCUT2D eigenvalue weighted by molar-refractivity contribution is 1.16. The van der Waals surface area contributed by atoms with E-state index in [2.05, 4.69) is 179 Å². The Balaban J connectivity index is 1.18. The predicted octanol–water partition coefficient (Wildman–Crippen LogP) is 11.1. The second-order valence-corrected chi connectivity index (χ2v) is 11.8. The first-order chi connectivity index (χ1) is 22.3. The third kappa shape index (κ3) is 4.18. The molecule has 0 fully saturated rings. The van der Waals surface area contributed by atoms with Crippen molar-refractivity contribution in [3.63, 3.8) is 0 Å². The van der Waals surface area contributed by atoms with Gasteiger partial charge in [0.1, 0.15) is 0 Å². The van der Waals surface area contributed by atoms with Crippen molar-refractivity contribution in [2.75, 3.05) is 0 Å². The molecular formula is C43H30N2. The summed E-state index contributed by atoms with van der Waals surface area (Å²) in [5, 5.41) is 5.12. The van der Waals surface area contributed by atoms with Crippen molar-refractivity contribution in [2.45, 2.75) is 6.42 Å². The van der Waals surface area contributed by atoms with E-state index in [4.69, 9.17) is 0 Å². The third-order valence-corrected chi connectivity index (χ3v) is 9.16. The monoisotopic (exact) mass is 574 g/mol. The van der Waals surface area contributed by atoms with Gasteiger partial charge in [-0.2, -0.15) is 0 Å². The average Bonchev–Trinajstić information content (AvgIpc) is 3.61. The largest absolute Gasteiger partial charge is 0.309 e. The van der Waals surface area contributed by atoms with Crippen molar-refractivity contribution in [3.8, 4) is 22.5 Å². The van der Waals surface area contributed by atoms with Crippen LogP contribution < -0.4 is 0 Å². The van der Waals surface area contributed by atoms with Gasteiger partial charge in [-0.05, 0) is 77.2 Å². The SMILES string of the molecule is c1ccc(-n2c3ccccc3c3ccc(Cc4ccccc4-c4ccc5c6ccccc6n(-c6ccccc6)c5c4)cc32)cc1. The second-order valence-electron chi connectivity index (χ2n) is 11.8. The lowest BCUT2D eigenvalue weighted by atomic mass is 9.94. The molecule has 0 bridgehead atoms. The van der Waals surface area contributed by atoms with Crippen molar-refractivity contribution >= 4 is 43.6 Å². The highest BCUT2D eigenvalue weighted by molar-refractivity contribution is 6.11. The maximum absolute atomic E-state index is 2.40.